The van der Waals surface area contributed by atoms with Crippen LogP contribution in [0.1, 0.15) is 6.92 Å². The van der Waals surface area contributed by atoms with Crippen molar-refractivity contribution in [1.82, 2.24) is 9.55 Å². The van der Waals surface area contributed by atoms with E-state index in [4.69, 9.17) is 5.73 Å². The van der Waals surface area contributed by atoms with Crippen molar-refractivity contribution in [3.05, 3.63) is 36.1 Å². The van der Waals surface area contributed by atoms with Crippen LogP contribution in [0.25, 0.3) is 21.7 Å². The summed E-state index contributed by atoms with van der Waals surface area (Å²) in [6.07, 6.45) is 0. The minimum atomic E-state index is -0.263. The number of nitrogens with zero attached hydrogens (tertiary/aromatic N) is 2. The molecule has 2 heterocycles. The molecule has 3 rings (SSSR count). The summed E-state index contributed by atoms with van der Waals surface area (Å²) in [5.74, 6) is 0.584. The molecule has 1 aromatic carbocycles. The molecule has 0 amide bonds. The van der Waals surface area contributed by atoms with Crippen LogP contribution in [0.4, 0.5) is 9.39 Å². The lowest BCUT2D eigenvalue weighted by molar-refractivity contribution is 0.629. The SMILES string of the molecule is CCn1c(-c2ccc(N)s2)nc2cc(F)ccc21. The quantitative estimate of drug-likeness (QED) is 0.767. The van der Waals surface area contributed by atoms with Gasteiger partial charge in [0.1, 0.15) is 5.82 Å². The smallest absolute Gasteiger partial charge is 0.151 e. The molecule has 2 aromatic heterocycles. The van der Waals surface area contributed by atoms with Crippen LogP contribution >= 0.6 is 11.3 Å². The van der Waals surface area contributed by atoms with E-state index in [0.29, 0.717) is 5.52 Å². The minimum absolute atomic E-state index is 0.263. The van der Waals surface area contributed by atoms with E-state index in [-0.39, 0.29) is 5.82 Å². The fraction of sp³-hybridized carbons (Fsp3) is 0.154. The molecule has 3 aromatic rings. The number of fused-ring (bicyclic) bond motifs is 1. The number of nitrogen functional groups attached to an aromatic ring is 1. The molecule has 0 bridgehead atoms. The summed E-state index contributed by atoms with van der Waals surface area (Å²) in [5.41, 5.74) is 7.37. The van der Waals surface area contributed by atoms with Crippen LogP contribution < -0.4 is 5.73 Å². The zero-order chi connectivity index (χ0) is 12.7. The Kier molecular flexibility index (Phi) is 2.56. The molecule has 0 saturated heterocycles. The van der Waals surface area contributed by atoms with Crippen molar-refractivity contribution in [1.29, 1.82) is 0 Å². The third kappa shape index (κ3) is 1.67. The molecule has 3 nitrogen and oxygen atoms in total. The lowest BCUT2D eigenvalue weighted by atomic mass is 10.3. The second-order valence-electron chi connectivity index (χ2n) is 4.01. The number of anilines is 1. The Morgan fingerprint density at radius 3 is 2.83 bits per heavy atom. The monoisotopic (exact) mass is 261 g/mol. The van der Waals surface area contributed by atoms with Crippen molar-refractivity contribution in [3.63, 3.8) is 0 Å². The predicted octanol–water partition coefficient (Wildman–Crippen LogP) is 3.51. The molecule has 0 radical (unpaired) electrons. The first-order valence-corrected chi connectivity index (χ1v) is 6.52. The number of hydrogen-bond donors (Lipinski definition) is 1. The molecule has 0 saturated carbocycles. The molecule has 0 aliphatic heterocycles. The summed E-state index contributed by atoms with van der Waals surface area (Å²) in [6.45, 7) is 2.83. The largest absolute Gasteiger partial charge is 0.391 e. The van der Waals surface area contributed by atoms with E-state index >= 15 is 0 Å². The van der Waals surface area contributed by atoms with Crippen LogP contribution in [-0.4, -0.2) is 9.55 Å². The predicted molar refractivity (Wildman–Crippen MR) is 73.1 cm³/mol. The van der Waals surface area contributed by atoms with Gasteiger partial charge in [0.05, 0.1) is 20.9 Å². The number of benzene rings is 1. The number of aryl methyl sites for hydroxylation is 1. The number of thiophene rings is 1. The first kappa shape index (κ1) is 11.2. The first-order chi connectivity index (χ1) is 8.69. The van der Waals surface area contributed by atoms with Crippen LogP contribution in [0.15, 0.2) is 30.3 Å². The summed E-state index contributed by atoms with van der Waals surface area (Å²) >= 11 is 1.49. The number of nitrogens with two attached hydrogens (primary N) is 1. The van der Waals surface area contributed by atoms with Gasteiger partial charge in [0.25, 0.3) is 0 Å². The van der Waals surface area contributed by atoms with E-state index in [0.717, 1.165) is 27.8 Å². The fourth-order valence-electron chi connectivity index (χ4n) is 2.08. The number of imidazole rings is 1. The van der Waals surface area contributed by atoms with E-state index in [9.17, 15) is 4.39 Å². The Hall–Kier alpha value is -1.88. The van der Waals surface area contributed by atoms with Crippen molar-refractivity contribution in [2.24, 2.45) is 0 Å². The van der Waals surface area contributed by atoms with E-state index in [2.05, 4.69) is 9.55 Å². The van der Waals surface area contributed by atoms with Crippen LogP contribution in [0.2, 0.25) is 0 Å². The van der Waals surface area contributed by atoms with Gasteiger partial charge in [0.15, 0.2) is 5.82 Å². The molecule has 5 heteroatoms. The van der Waals surface area contributed by atoms with Crippen molar-refractivity contribution in [3.8, 4) is 10.7 Å². The molecule has 0 aliphatic rings. The average molecular weight is 261 g/mol. The van der Waals surface area contributed by atoms with Gasteiger partial charge in [-0.3, -0.25) is 0 Å². The molecule has 0 atom stereocenters. The van der Waals surface area contributed by atoms with Gasteiger partial charge in [0.2, 0.25) is 0 Å². The molecular weight excluding hydrogens is 249 g/mol. The molecular formula is C13H12FN3S. The summed E-state index contributed by atoms with van der Waals surface area (Å²) < 4.78 is 15.3. The highest BCUT2D eigenvalue weighted by molar-refractivity contribution is 7.19. The van der Waals surface area contributed by atoms with Gasteiger partial charge in [-0.05, 0) is 31.2 Å². The lowest BCUT2D eigenvalue weighted by Crippen LogP contribution is -1.96. The standard InChI is InChI=1S/C13H12FN3S/c1-2-17-10-4-3-8(14)7-9(10)16-13(17)11-5-6-12(15)18-11/h3-7H,2,15H2,1H3. The van der Waals surface area contributed by atoms with Gasteiger partial charge in [-0.25, -0.2) is 9.37 Å². The third-order valence-corrected chi connectivity index (χ3v) is 3.78. The lowest BCUT2D eigenvalue weighted by Gasteiger charge is -2.03. The van der Waals surface area contributed by atoms with Crippen LogP contribution in [0.5, 0.6) is 0 Å². The summed E-state index contributed by atoms with van der Waals surface area (Å²) in [7, 11) is 0. The van der Waals surface area contributed by atoms with Gasteiger partial charge < -0.3 is 10.3 Å². The number of aromatic nitrogens is 2. The highest BCUT2D eigenvalue weighted by Gasteiger charge is 2.13. The summed E-state index contributed by atoms with van der Waals surface area (Å²) in [5, 5.41) is 0.755. The molecule has 0 spiro atoms. The Labute approximate surface area is 108 Å². The Bertz CT molecular complexity index is 714. The first-order valence-electron chi connectivity index (χ1n) is 5.70. The summed E-state index contributed by atoms with van der Waals surface area (Å²) in [6, 6.07) is 8.50. The molecule has 92 valence electrons. The van der Waals surface area contributed by atoms with E-state index < -0.39 is 0 Å². The number of hydrogen-bond acceptors (Lipinski definition) is 3. The Balaban J connectivity index is 2.28. The second-order valence-corrected chi connectivity index (χ2v) is 5.13. The van der Waals surface area contributed by atoms with Gasteiger partial charge in [-0.15, -0.1) is 11.3 Å². The molecule has 0 aliphatic carbocycles. The number of halogens is 1. The average Bonchev–Trinajstić information content (AvgIpc) is 2.91. The Morgan fingerprint density at radius 2 is 2.17 bits per heavy atom. The maximum absolute atomic E-state index is 13.2. The van der Waals surface area contributed by atoms with Crippen molar-refractivity contribution in [2.45, 2.75) is 13.5 Å². The second kappa shape index (κ2) is 4.10. The zero-order valence-corrected chi connectivity index (χ0v) is 10.7. The minimum Gasteiger partial charge on any atom is -0.391 e. The van der Waals surface area contributed by atoms with E-state index in [1.807, 2.05) is 19.1 Å². The molecule has 0 fully saturated rings. The van der Waals surface area contributed by atoms with E-state index in [1.165, 1.54) is 23.5 Å². The molecule has 2 N–H and O–H groups in total. The topological polar surface area (TPSA) is 43.8 Å². The third-order valence-electron chi connectivity index (χ3n) is 2.87. The van der Waals surface area contributed by atoms with Crippen molar-refractivity contribution < 1.29 is 4.39 Å². The maximum Gasteiger partial charge on any atom is 0.151 e. The Morgan fingerprint density at radius 1 is 1.33 bits per heavy atom. The number of rotatable bonds is 2. The van der Waals surface area contributed by atoms with E-state index in [1.54, 1.807) is 6.07 Å². The van der Waals surface area contributed by atoms with Crippen molar-refractivity contribution in [2.75, 3.05) is 5.73 Å². The molecule has 18 heavy (non-hydrogen) atoms. The summed E-state index contributed by atoms with van der Waals surface area (Å²) in [4.78, 5) is 5.51. The van der Waals surface area contributed by atoms with Crippen LogP contribution in [-0.2, 0) is 6.54 Å². The molecule has 0 unspecified atom stereocenters. The highest BCUT2D eigenvalue weighted by Crippen LogP contribution is 2.31. The van der Waals surface area contributed by atoms with Crippen molar-refractivity contribution >= 4 is 27.4 Å². The normalized spacial score (nSPS) is 11.2. The zero-order valence-electron chi connectivity index (χ0n) is 9.85. The van der Waals surface area contributed by atoms with Gasteiger partial charge >= 0.3 is 0 Å². The fourth-order valence-corrected chi connectivity index (χ4v) is 2.86. The van der Waals surface area contributed by atoms with Gasteiger partial charge in [-0.2, -0.15) is 0 Å². The highest BCUT2D eigenvalue weighted by atomic mass is 32.1. The van der Waals surface area contributed by atoms with Crippen LogP contribution in [0, 0.1) is 5.82 Å². The van der Waals surface area contributed by atoms with Gasteiger partial charge in [-0.1, -0.05) is 0 Å². The van der Waals surface area contributed by atoms with Gasteiger partial charge in [0, 0.05) is 12.6 Å². The van der Waals surface area contributed by atoms with Crippen LogP contribution in [0.3, 0.4) is 0 Å². The maximum atomic E-state index is 13.2.